The van der Waals surface area contributed by atoms with Crippen LogP contribution in [0.1, 0.15) is 6.92 Å². The van der Waals surface area contributed by atoms with Crippen molar-refractivity contribution >= 4 is 17.5 Å². The lowest BCUT2D eigenvalue weighted by Crippen LogP contribution is -2.55. The van der Waals surface area contributed by atoms with Crippen molar-refractivity contribution in [3.63, 3.8) is 0 Å². The molecule has 0 radical (unpaired) electrons. The molecule has 1 atom stereocenters. The van der Waals surface area contributed by atoms with Gasteiger partial charge in [0.25, 0.3) is 5.91 Å². The van der Waals surface area contributed by atoms with Crippen molar-refractivity contribution in [2.24, 2.45) is 0 Å². The number of nitrogens with one attached hydrogen (secondary N) is 1. The highest BCUT2D eigenvalue weighted by atomic mass is 16.5. The van der Waals surface area contributed by atoms with Crippen molar-refractivity contribution in [3.05, 3.63) is 30.3 Å². The predicted molar refractivity (Wildman–Crippen MR) is 67.2 cm³/mol. The van der Waals surface area contributed by atoms with Crippen LogP contribution in [0, 0.1) is 0 Å². The number of hydrogen-bond donors (Lipinski definition) is 1. The van der Waals surface area contributed by atoms with Gasteiger partial charge in [-0.1, -0.05) is 18.2 Å². The summed E-state index contributed by atoms with van der Waals surface area (Å²) in [6.07, 6.45) is 0. The van der Waals surface area contributed by atoms with Crippen molar-refractivity contribution in [1.82, 2.24) is 5.32 Å². The van der Waals surface area contributed by atoms with Crippen LogP contribution in [0.3, 0.4) is 0 Å². The molecule has 1 saturated heterocycles. The van der Waals surface area contributed by atoms with Crippen LogP contribution in [0.5, 0.6) is 0 Å². The fourth-order valence-electron chi connectivity index (χ4n) is 1.94. The molecule has 0 saturated carbocycles. The molecule has 1 aliphatic rings. The van der Waals surface area contributed by atoms with Crippen LogP contribution in [0.4, 0.5) is 5.69 Å². The van der Waals surface area contributed by atoms with E-state index in [2.05, 4.69) is 5.32 Å². The van der Waals surface area contributed by atoms with E-state index in [9.17, 15) is 9.59 Å². The van der Waals surface area contributed by atoms with Crippen LogP contribution in [0.15, 0.2) is 30.3 Å². The molecule has 5 heteroatoms. The van der Waals surface area contributed by atoms with Crippen molar-refractivity contribution < 1.29 is 14.3 Å². The monoisotopic (exact) mass is 248 g/mol. The minimum absolute atomic E-state index is 0.0290. The van der Waals surface area contributed by atoms with Crippen molar-refractivity contribution in [2.45, 2.75) is 13.0 Å². The molecule has 2 rings (SSSR count). The Labute approximate surface area is 106 Å². The minimum Gasteiger partial charge on any atom is -0.369 e. The van der Waals surface area contributed by atoms with Crippen LogP contribution in [0.25, 0.3) is 0 Å². The van der Waals surface area contributed by atoms with Crippen LogP contribution >= 0.6 is 0 Å². The average Bonchev–Trinajstić information content (AvgIpc) is 2.41. The lowest BCUT2D eigenvalue weighted by atomic mass is 10.2. The topological polar surface area (TPSA) is 58.6 Å². The third kappa shape index (κ3) is 2.68. The van der Waals surface area contributed by atoms with E-state index < -0.39 is 6.04 Å². The summed E-state index contributed by atoms with van der Waals surface area (Å²) in [5.41, 5.74) is 0.824. The highest BCUT2D eigenvalue weighted by Gasteiger charge is 2.29. The third-order valence-electron chi connectivity index (χ3n) is 2.80. The van der Waals surface area contributed by atoms with E-state index in [4.69, 9.17) is 4.74 Å². The summed E-state index contributed by atoms with van der Waals surface area (Å²) in [7, 11) is 0. The quantitative estimate of drug-likeness (QED) is 0.850. The van der Waals surface area contributed by atoms with Gasteiger partial charge in [0.1, 0.15) is 12.6 Å². The van der Waals surface area contributed by atoms with Gasteiger partial charge in [-0.15, -0.1) is 0 Å². The molecule has 18 heavy (non-hydrogen) atoms. The lowest BCUT2D eigenvalue weighted by Gasteiger charge is -2.29. The Kier molecular flexibility index (Phi) is 3.94. The first-order chi connectivity index (χ1) is 8.72. The number of morpholine rings is 1. The fourth-order valence-corrected chi connectivity index (χ4v) is 1.94. The first kappa shape index (κ1) is 12.6. The summed E-state index contributed by atoms with van der Waals surface area (Å²) in [5.74, 6) is -0.388. The molecule has 0 spiro atoms. The van der Waals surface area contributed by atoms with Crippen LogP contribution in [-0.4, -0.2) is 37.6 Å². The van der Waals surface area contributed by atoms with E-state index in [-0.39, 0.29) is 25.0 Å². The lowest BCUT2D eigenvalue weighted by molar-refractivity contribution is -0.137. The van der Waals surface area contributed by atoms with Gasteiger partial charge in [-0.3, -0.25) is 9.59 Å². The minimum atomic E-state index is -0.591. The molecule has 2 amide bonds. The Balaban J connectivity index is 2.13. The van der Waals surface area contributed by atoms with E-state index in [1.165, 1.54) is 0 Å². The van der Waals surface area contributed by atoms with Gasteiger partial charge < -0.3 is 15.0 Å². The van der Waals surface area contributed by atoms with Crippen LogP contribution < -0.4 is 10.2 Å². The van der Waals surface area contributed by atoms with Gasteiger partial charge >= 0.3 is 0 Å². The summed E-state index contributed by atoms with van der Waals surface area (Å²) in [6.45, 7) is 2.71. The number of nitrogens with zero attached hydrogens (tertiary/aromatic N) is 1. The zero-order valence-corrected chi connectivity index (χ0v) is 10.3. The van der Waals surface area contributed by atoms with Gasteiger partial charge in [-0.25, -0.2) is 0 Å². The molecule has 96 valence electrons. The molecule has 1 unspecified atom stereocenters. The van der Waals surface area contributed by atoms with E-state index >= 15 is 0 Å². The predicted octanol–water partition coefficient (Wildman–Crippen LogP) is 0.554. The summed E-state index contributed by atoms with van der Waals surface area (Å²) < 4.78 is 5.09. The second kappa shape index (κ2) is 5.64. The van der Waals surface area contributed by atoms with Crippen LogP contribution in [0.2, 0.25) is 0 Å². The van der Waals surface area contributed by atoms with E-state index in [1.54, 1.807) is 4.90 Å². The molecule has 5 nitrogen and oxygen atoms in total. The van der Waals surface area contributed by atoms with Gasteiger partial charge in [-0.05, 0) is 19.1 Å². The molecular weight excluding hydrogens is 232 g/mol. The molecular formula is C13H16N2O3. The first-order valence-corrected chi connectivity index (χ1v) is 5.96. The number of likely N-dealkylation sites (N-methyl/N-ethyl adjacent to an activating group) is 1. The average molecular weight is 248 g/mol. The Morgan fingerprint density at radius 1 is 1.44 bits per heavy atom. The van der Waals surface area contributed by atoms with E-state index in [1.807, 2.05) is 37.3 Å². The van der Waals surface area contributed by atoms with Gasteiger partial charge in [0, 0.05) is 12.2 Å². The number of benzene rings is 1. The number of hydrogen-bond acceptors (Lipinski definition) is 3. The van der Waals surface area contributed by atoms with Gasteiger partial charge in [0.05, 0.1) is 6.61 Å². The number of carbonyl (C=O) groups excluding carboxylic acids is 2. The summed E-state index contributed by atoms with van der Waals surface area (Å²) in [4.78, 5) is 25.2. The fraction of sp³-hybridized carbons (Fsp3) is 0.385. The van der Waals surface area contributed by atoms with Crippen molar-refractivity contribution in [1.29, 1.82) is 0 Å². The normalized spacial score (nSPS) is 19.2. The number of anilines is 1. The molecule has 0 aliphatic carbocycles. The molecule has 0 bridgehead atoms. The number of para-hydroxylation sites is 1. The maximum Gasteiger partial charge on any atom is 0.251 e. The summed E-state index contributed by atoms with van der Waals surface area (Å²) in [6, 6.07) is 8.79. The van der Waals surface area contributed by atoms with Gasteiger partial charge in [0.15, 0.2) is 0 Å². The zero-order chi connectivity index (χ0) is 13.0. The zero-order valence-electron chi connectivity index (χ0n) is 10.3. The number of rotatable bonds is 3. The number of ether oxygens (including phenoxy) is 1. The molecule has 1 fully saturated rings. The van der Waals surface area contributed by atoms with Crippen molar-refractivity contribution in [3.8, 4) is 0 Å². The molecule has 1 aromatic rings. The van der Waals surface area contributed by atoms with Gasteiger partial charge in [-0.2, -0.15) is 0 Å². The Hall–Kier alpha value is -1.88. The van der Waals surface area contributed by atoms with E-state index in [0.29, 0.717) is 6.54 Å². The summed E-state index contributed by atoms with van der Waals surface area (Å²) >= 11 is 0. The number of amides is 2. The SMILES string of the molecule is CCN(C(=O)C1COCC(=O)N1)c1ccccc1. The Morgan fingerprint density at radius 2 is 2.17 bits per heavy atom. The molecule has 1 aliphatic heterocycles. The van der Waals surface area contributed by atoms with Crippen molar-refractivity contribution in [2.75, 3.05) is 24.7 Å². The molecule has 1 N–H and O–H groups in total. The maximum atomic E-state index is 12.3. The summed E-state index contributed by atoms with van der Waals surface area (Å²) in [5, 5.41) is 2.65. The standard InChI is InChI=1S/C13H16N2O3/c1-2-15(10-6-4-3-5-7-10)13(17)11-8-18-9-12(16)14-11/h3-7,11H,2,8-9H2,1H3,(H,14,16). The van der Waals surface area contributed by atoms with E-state index in [0.717, 1.165) is 5.69 Å². The van der Waals surface area contributed by atoms with Gasteiger partial charge in [0.2, 0.25) is 5.91 Å². The second-order valence-electron chi connectivity index (χ2n) is 4.05. The largest absolute Gasteiger partial charge is 0.369 e. The smallest absolute Gasteiger partial charge is 0.251 e. The third-order valence-corrected chi connectivity index (χ3v) is 2.80. The first-order valence-electron chi connectivity index (χ1n) is 5.96. The molecule has 1 aromatic carbocycles. The molecule has 1 heterocycles. The second-order valence-corrected chi connectivity index (χ2v) is 4.05. The molecule has 0 aromatic heterocycles. The Morgan fingerprint density at radius 3 is 2.78 bits per heavy atom. The Bertz CT molecular complexity index is 433. The van der Waals surface area contributed by atoms with Crippen LogP contribution in [-0.2, 0) is 14.3 Å². The highest BCUT2D eigenvalue weighted by Crippen LogP contribution is 2.14. The highest BCUT2D eigenvalue weighted by molar-refractivity contribution is 5.99. The number of carbonyl (C=O) groups is 2. The maximum absolute atomic E-state index is 12.3.